The fourth-order valence-electron chi connectivity index (χ4n) is 3.72. The van der Waals surface area contributed by atoms with Gasteiger partial charge in [0, 0.05) is 32.4 Å². The summed E-state index contributed by atoms with van der Waals surface area (Å²) in [5.74, 6) is 2.33. The summed E-state index contributed by atoms with van der Waals surface area (Å²) in [6, 6.07) is 4.18. The number of hydrogen-bond donors (Lipinski definition) is 0. The van der Waals surface area contributed by atoms with Gasteiger partial charge in [0.25, 0.3) is 5.91 Å². The van der Waals surface area contributed by atoms with Crippen molar-refractivity contribution in [2.75, 3.05) is 13.1 Å². The largest absolute Gasteiger partial charge is 0.480 e. The van der Waals surface area contributed by atoms with Gasteiger partial charge in [-0.25, -0.2) is 0 Å². The molecule has 1 saturated heterocycles. The Kier molecular flexibility index (Phi) is 3.98. The SMILES string of the molecule is Cc1nc([C@@H]2CCCN(C(=O)[C@H]3Cc4cc(C)c(C)cc4O3)C2)no1. The van der Waals surface area contributed by atoms with Crippen molar-refractivity contribution in [3.8, 4) is 5.75 Å². The summed E-state index contributed by atoms with van der Waals surface area (Å²) in [4.78, 5) is 19.2. The molecular formula is C19H23N3O3. The molecule has 0 radical (unpaired) electrons. The van der Waals surface area contributed by atoms with Crippen molar-refractivity contribution in [3.05, 3.63) is 40.5 Å². The summed E-state index contributed by atoms with van der Waals surface area (Å²) in [6.07, 6.45) is 2.16. The first-order valence-corrected chi connectivity index (χ1v) is 8.87. The van der Waals surface area contributed by atoms with Crippen LogP contribution in [0.4, 0.5) is 0 Å². The molecule has 1 aromatic heterocycles. The Labute approximate surface area is 147 Å². The first-order valence-electron chi connectivity index (χ1n) is 8.87. The number of piperidine rings is 1. The van der Waals surface area contributed by atoms with E-state index in [1.807, 2.05) is 11.0 Å². The number of ether oxygens (including phenoxy) is 1. The highest BCUT2D eigenvalue weighted by Gasteiger charge is 2.35. The van der Waals surface area contributed by atoms with E-state index >= 15 is 0 Å². The van der Waals surface area contributed by atoms with Crippen molar-refractivity contribution < 1.29 is 14.1 Å². The third-order valence-corrected chi connectivity index (χ3v) is 5.27. The minimum Gasteiger partial charge on any atom is -0.480 e. The maximum atomic E-state index is 13.0. The molecular weight excluding hydrogens is 318 g/mol. The predicted octanol–water partition coefficient (Wildman–Crippen LogP) is 2.70. The quantitative estimate of drug-likeness (QED) is 0.840. The molecule has 1 aromatic carbocycles. The lowest BCUT2D eigenvalue weighted by Gasteiger charge is -2.32. The Bertz CT molecular complexity index is 783. The van der Waals surface area contributed by atoms with Crippen LogP contribution in [0.5, 0.6) is 5.75 Å². The molecule has 2 aliphatic rings. The Hall–Kier alpha value is -2.37. The van der Waals surface area contributed by atoms with Gasteiger partial charge in [-0.2, -0.15) is 4.98 Å². The summed E-state index contributed by atoms with van der Waals surface area (Å²) in [5, 5.41) is 4.03. The van der Waals surface area contributed by atoms with E-state index in [9.17, 15) is 4.79 Å². The zero-order chi connectivity index (χ0) is 17.6. The van der Waals surface area contributed by atoms with Gasteiger partial charge in [-0.3, -0.25) is 4.79 Å². The van der Waals surface area contributed by atoms with E-state index in [2.05, 4.69) is 30.1 Å². The van der Waals surface area contributed by atoms with Crippen molar-refractivity contribution in [3.63, 3.8) is 0 Å². The normalized spacial score (nSPS) is 22.6. The van der Waals surface area contributed by atoms with Crippen molar-refractivity contribution in [1.82, 2.24) is 15.0 Å². The van der Waals surface area contributed by atoms with E-state index in [0.717, 1.165) is 30.7 Å². The van der Waals surface area contributed by atoms with Gasteiger partial charge >= 0.3 is 0 Å². The van der Waals surface area contributed by atoms with Gasteiger partial charge in [-0.1, -0.05) is 11.2 Å². The zero-order valence-electron chi connectivity index (χ0n) is 14.9. The molecule has 0 bridgehead atoms. The molecule has 25 heavy (non-hydrogen) atoms. The number of rotatable bonds is 2. The number of benzene rings is 1. The number of nitrogens with zero attached hydrogens (tertiary/aromatic N) is 3. The minimum absolute atomic E-state index is 0.0661. The van der Waals surface area contributed by atoms with Gasteiger partial charge in [0.05, 0.1) is 0 Å². The van der Waals surface area contributed by atoms with Gasteiger partial charge in [0.2, 0.25) is 5.89 Å². The van der Waals surface area contributed by atoms with Crippen LogP contribution in [0.25, 0.3) is 0 Å². The first kappa shape index (κ1) is 16.1. The summed E-state index contributed by atoms with van der Waals surface area (Å²) in [6.45, 7) is 7.34. The average Bonchev–Trinajstić information content (AvgIpc) is 3.21. The van der Waals surface area contributed by atoms with E-state index in [1.165, 1.54) is 11.1 Å². The summed E-state index contributed by atoms with van der Waals surface area (Å²) < 4.78 is 11.1. The van der Waals surface area contributed by atoms with Crippen LogP contribution in [0.1, 0.15) is 47.2 Å². The van der Waals surface area contributed by atoms with Crippen LogP contribution < -0.4 is 4.74 Å². The number of likely N-dealkylation sites (tertiary alicyclic amines) is 1. The molecule has 0 N–H and O–H groups in total. The molecule has 1 amide bonds. The lowest BCUT2D eigenvalue weighted by molar-refractivity contribution is -0.139. The molecule has 3 heterocycles. The van der Waals surface area contributed by atoms with Crippen LogP contribution in [0, 0.1) is 20.8 Å². The second kappa shape index (κ2) is 6.17. The van der Waals surface area contributed by atoms with Crippen LogP contribution >= 0.6 is 0 Å². The second-order valence-corrected chi connectivity index (χ2v) is 7.15. The van der Waals surface area contributed by atoms with Crippen molar-refractivity contribution in [2.24, 2.45) is 0 Å². The van der Waals surface area contributed by atoms with Gasteiger partial charge in [-0.05, 0) is 49.4 Å². The van der Waals surface area contributed by atoms with E-state index in [-0.39, 0.29) is 11.8 Å². The lowest BCUT2D eigenvalue weighted by atomic mass is 9.96. The Morgan fingerprint density at radius 1 is 1.24 bits per heavy atom. The number of amides is 1. The summed E-state index contributed by atoms with van der Waals surface area (Å²) in [7, 11) is 0. The number of hydrogen-bond acceptors (Lipinski definition) is 5. The number of fused-ring (bicyclic) bond motifs is 1. The molecule has 1 fully saturated rings. The second-order valence-electron chi connectivity index (χ2n) is 7.15. The fraction of sp³-hybridized carbons (Fsp3) is 0.526. The number of carbonyl (C=O) groups excluding carboxylic acids is 1. The van der Waals surface area contributed by atoms with E-state index in [4.69, 9.17) is 9.26 Å². The van der Waals surface area contributed by atoms with Crippen molar-refractivity contribution >= 4 is 5.91 Å². The maximum Gasteiger partial charge on any atom is 0.264 e. The summed E-state index contributed by atoms with van der Waals surface area (Å²) >= 11 is 0. The Balaban J connectivity index is 1.46. The molecule has 132 valence electrons. The van der Waals surface area contributed by atoms with Gasteiger partial charge < -0.3 is 14.2 Å². The monoisotopic (exact) mass is 341 g/mol. The van der Waals surface area contributed by atoms with Crippen LogP contribution in [-0.4, -0.2) is 40.1 Å². The fourth-order valence-corrected chi connectivity index (χ4v) is 3.72. The van der Waals surface area contributed by atoms with Crippen LogP contribution in [0.2, 0.25) is 0 Å². The minimum atomic E-state index is -0.415. The van der Waals surface area contributed by atoms with E-state index < -0.39 is 6.10 Å². The average molecular weight is 341 g/mol. The highest BCUT2D eigenvalue weighted by Crippen LogP contribution is 2.33. The standard InChI is InChI=1S/C19H23N3O3/c1-11-7-15-9-17(24-16(15)8-12(11)2)19(23)22-6-4-5-14(10-22)18-20-13(3)25-21-18/h7-8,14,17H,4-6,9-10H2,1-3H3/t14-,17-/m1/s1. The molecule has 4 rings (SSSR count). The predicted molar refractivity (Wildman–Crippen MR) is 91.6 cm³/mol. The van der Waals surface area contributed by atoms with Crippen LogP contribution in [0.15, 0.2) is 16.7 Å². The highest BCUT2D eigenvalue weighted by atomic mass is 16.5. The van der Waals surface area contributed by atoms with Gasteiger partial charge in [-0.15, -0.1) is 0 Å². The van der Waals surface area contributed by atoms with Gasteiger partial charge in [0.15, 0.2) is 11.9 Å². The van der Waals surface area contributed by atoms with Gasteiger partial charge in [0.1, 0.15) is 5.75 Å². The highest BCUT2D eigenvalue weighted by molar-refractivity contribution is 5.83. The van der Waals surface area contributed by atoms with E-state index in [1.54, 1.807) is 6.92 Å². The third kappa shape index (κ3) is 3.01. The van der Waals surface area contributed by atoms with E-state index in [0.29, 0.717) is 24.7 Å². The summed E-state index contributed by atoms with van der Waals surface area (Å²) in [5.41, 5.74) is 3.56. The molecule has 0 unspecified atom stereocenters. The number of aryl methyl sites for hydroxylation is 3. The third-order valence-electron chi connectivity index (χ3n) is 5.27. The molecule has 2 aromatic rings. The molecule has 6 nitrogen and oxygen atoms in total. The number of carbonyl (C=O) groups is 1. The maximum absolute atomic E-state index is 13.0. The van der Waals surface area contributed by atoms with Crippen molar-refractivity contribution in [2.45, 2.75) is 52.1 Å². The van der Waals surface area contributed by atoms with Crippen molar-refractivity contribution in [1.29, 1.82) is 0 Å². The topological polar surface area (TPSA) is 68.5 Å². The smallest absolute Gasteiger partial charge is 0.264 e. The molecule has 0 aliphatic carbocycles. The molecule has 0 spiro atoms. The lowest BCUT2D eigenvalue weighted by Crippen LogP contribution is -2.46. The number of aromatic nitrogens is 2. The Morgan fingerprint density at radius 3 is 2.80 bits per heavy atom. The first-order chi connectivity index (χ1) is 12.0. The zero-order valence-corrected chi connectivity index (χ0v) is 14.9. The van der Waals surface area contributed by atoms with Crippen LogP contribution in [0.3, 0.4) is 0 Å². The molecule has 6 heteroatoms. The molecule has 2 atom stereocenters. The molecule has 0 saturated carbocycles. The molecule has 2 aliphatic heterocycles. The Morgan fingerprint density at radius 2 is 2.04 bits per heavy atom. The van der Waals surface area contributed by atoms with Crippen LogP contribution in [-0.2, 0) is 11.2 Å².